The van der Waals surface area contributed by atoms with Crippen LogP contribution in [0.1, 0.15) is 38.3 Å². The molecule has 0 aliphatic rings. The molecule has 1 aromatic carbocycles. The zero-order valence-electron chi connectivity index (χ0n) is 12.7. The van der Waals surface area contributed by atoms with Crippen molar-refractivity contribution < 1.29 is 9.90 Å². The maximum Gasteiger partial charge on any atom is 0.227 e. The van der Waals surface area contributed by atoms with Gasteiger partial charge in [-0.15, -0.1) is 0 Å². The van der Waals surface area contributed by atoms with Crippen LogP contribution >= 0.6 is 0 Å². The average molecular weight is 273 g/mol. The van der Waals surface area contributed by atoms with E-state index in [0.29, 0.717) is 13.0 Å². The molecule has 3 heteroatoms. The van der Waals surface area contributed by atoms with E-state index in [1.165, 1.54) is 0 Å². The monoisotopic (exact) mass is 273 g/mol. The maximum absolute atomic E-state index is 12.1. The SMILES string of the molecule is CN(Cc1ccc(C#CCCO)cc1)C(=O)C(C)(C)C. The van der Waals surface area contributed by atoms with Crippen molar-refractivity contribution in [3.63, 3.8) is 0 Å². The lowest BCUT2D eigenvalue weighted by Crippen LogP contribution is -2.36. The molecule has 0 saturated carbocycles. The van der Waals surface area contributed by atoms with Gasteiger partial charge >= 0.3 is 0 Å². The third kappa shape index (κ3) is 5.07. The highest BCUT2D eigenvalue weighted by Crippen LogP contribution is 2.18. The van der Waals surface area contributed by atoms with E-state index in [9.17, 15) is 4.79 Å². The summed E-state index contributed by atoms with van der Waals surface area (Å²) in [5.41, 5.74) is 1.65. The molecule has 0 aliphatic heterocycles. The molecule has 0 aromatic heterocycles. The van der Waals surface area contributed by atoms with E-state index in [-0.39, 0.29) is 17.9 Å². The van der Waals surface area contributed by atoms with Crippen LogP contribution < -0.4 is 0 Å². The molecule has 0 unspecified atom stereocenters. The number of rotatable bonds is 3. The second-order valence-electron chi connectivity index (χ2n) is 5.88. The van der Waals surface area contributed by atoms with Crippen LogP contribution in [0.25, 0.3) is 0 Å². The predicted octanol–water partition coefficient (Wildman–Crippen LogP) is 2.43. The standard InChI is InChI=1S/C17H23NO2/c1-17(2,3)16(20)18(4)13-15-10-8-14(9-11-15)7-5-6-12-19/h8-11,19H,6,12-13H2,1-4H3. The van der Waals surface area contributed by atoms with E-state index in [2.05, 4.69) is 11.8 Å². The fourth-order valence-electron chi connectivity index (χ4n) is 1.83. The Morgan fingerprint density at radius 1 is 1.25 bits per heavy atom. The minimum Gasteiger partial charge on any atom is -0.395 e. The molecule has 1 N–H and O–H groups in total. The summed E-state index contributed by atoms with van der Waals surface area (Å²) in [5.74, 6) is 6.00. The van der Waals surface area contributed by atoms with Crippen molar-refractivity contribution in [1.82, 2.24) is 4.90 Å². The Bertz CT molecular complexity index is 501. The second kappa shape index (κ2) is 7.12. The van der Waals surface area contributed by atoms with E-state index >= 15 is 0 Å². The number of carbonyl (C=O) groups excluding carboxylic acids is 1. The van der Waals surface area contributed by atoms with Gasteiger partial charge in [-0.2, -0.15) is 0 Å². The second-order valence-corrected chi connectivity index (χ2v) is 5.88. The van der Waals surface area contributed by atoms with Gasteiger partial charge in [0.2, 0.25) is 5.91 Å². The fourth-order valence-corrected chi connectivity index (χ4v) is 1.83. The van der Waals surface area contributed by atoms with E-state index in [4.69, 9.17) is 5.11 Å². The topological polar surface area (TPSA) is 40.5 Å². The molecule has 0 bridgehead atoms. The van der Waals surface area contributed by atoms with Gasteiger partial charge in [0.1, 0.15) is 0 Å². The van der Waals surface area contributed by atoms with E-state index in [1.54, 1.807) is 4.90 Å². The molecule has 0 heterocycles. The lowest BCUT2D eigenvalue weighted by molar-refractivity contribution is -0.138. The smallest absolute Gasteiger partial charge is 0.227 e. The molecule has 3 nitrogen and oxygen atoms in total. The van der Waals surface area contributed by atoms with Crippen molar-refractivity contribution in [3.05, 3.63) is 35.4 Å². The largest absolute Gasteiger partial charge is 0.395 e. The normalized spacial score (nSPS) is 10.7. The van der Waals surface area contributed by atoms with E-state index < -0.39 is 0 Å². The fraction of sp³-hybridized carbons (Fsp3) is 0.471. The Morgan fingerprint density at radius 3 is 2.35 bits per heavy atom. The zero-order chi connectivity index (χ0) is 15.2. The molecule has 0 saturated heterocycles. The number of hydrogen-bond donors (Lipinski definition) is 1. The van der Waals surface area contributed by atoms with E-state index in [0.717, 1.165) is 11.1 Å². The van der Waals surface area contributed by atoms with E-state index in [1.807, 2.05) is 52.1 Å². The van der Waals surface area contributed by atoms with Gasteiger partial charge in [-0.1, -0.05) is 44.7 Å². The van der Waals surface area contributed by atoms with Gasteiger partial charge in [0.15, 0.2) is 0 Å². The molecule has 0 fully saturated rings. The average Bonchev–Trinajstić information content (AvgIpc) is 2.39. The Kier molecular flexibility index (Phi) is 5.79. The van der Waals surface area contributed by atoms with Crippen molar-refractivity contribution in [3.8, 4) is 11.8 Å². The van der Waals surface area contributed by atoms with Crippen LogP contribution in [0.15, 0.2) is 24.3 Å². The summed E-state index contributed by atoms with van der Waals surface area (Å²) in [6, 6.07) is 7.84. The quantitative estimate of drug-likeness (QED) is 0.859. The zero-order valence-corrected chi connectivity index (χ0v) is 12.7. The molecule has 0 spiro atoms. The first-order valence-electron chi connectivity index (χ1n) is 6.79. The summed E-state index contributed by atoms with van der Waals surface area (Å²) >= 11 is 0. The first-order valence-corrected chi connectivity index (χ1v) is 6.79. The summed E-state index contributed by atoms with van der Waals surface area (Å²) in [4.78, 5) is 13.8. The molecule has 1 rings (SSSR count). The molecule has 0 radical (unpaired) electrons. The predicted molar refractivity (Wildman–Crippen MR) is 81.0 cm³/mol. The van der Waals surface area contributed by atoms with Crippen LogP contribution in [0.5, 0.6) is 0 Å². The highest BCUT2D eigenvalue weighted by atomic mass is 16.2. The molecular formula is C17H23NO2. The van der Waals surface area contributed by atoms with Gasteiger partial charge in [0.05, 0.1) is 6.61 Å². The van der Waals surface area contributed by atoms with Gasteiger partial charge < -0.3 is 10.0 Å². The van der Waals surface area contributed by atoms with Crippen LogP contribution in [0.2, 0.25) is 0 Å². The van der Waals surface area contributed by atoms with Gasteiger partial charge in [-0.05, 0) is 17.7 Å². The summed E-state index contributed by atoms with van der Waals surface area (Å²) in [7, 11) is 1.82. The maximum atomic E-state index is 12.1. The van der Waals surface area contributed by atoms with Gasteiger partial charge in [0, 0.05) is 31.0 Å². The van der Waals surface area contributed by atoms with Crippen LogP contribution in [0, 0.1) is 17.3 Å². The third-order valence-corrected chi connectivity index (χ3v) is 2.83. The minimum atomic E-state index is -0.357. The number of aliphatic hydroxyl groups excluding tert-OH is 1. The highest BCUT2D eigenvalue weighted by molar-refractivity contribution is 5.81. The van der Waals surface area contributed by atoms with Crippen molar-refractivity contribution in [1.29, 1.82) is 0 Å². The number of amides is 1. The molecule has 1 aromatic rings. The van der Waals surface area contributed by atoms with Crippen LogP contribution in [-0.4, -0.2) is 29.6 Å². The number of hydrogen-bond acceptors (Lipinski definition) is 2. The number of aliphatic hydroxyl groups is 1. The van der Waals surface area contributed by atoms with Crippen LogP contribution in [-0.2, 0) is 11.3 Å². The van der Waals surface area contributed by atoms with Crippen LogP contribution in [0.3, 0.4) is 0 Å². The lowest BCUT2D eigenvalue weighted by Gasteiger charge is -2.26. The van der Waals surface area contributed by atoms with Crippen molar-refractivity contribution in [2.75, 3.05) is 13.7 Å². The molecular weight excluding hydrogens is 250 g/mol. The summed E-state index contributed by atoms with van der Waals surface area (Å²) in [5, 5.41) is 8.67. The lowest BCUT2D eigenvalue weighted by atomic mass is 9.95. The Balaban J connectivity index is 2.67. The molecule has 108 valence electrons. The summed E-state index contributed by atoms with van der Waals surface area (Å²) < 4.78 is 0. The van der Waals surface area contributed by atoms with Gasteiger partial charge in [-0.25, -0.2) is 0 Å². The first-order chi connectivity index (χ1) is 9.34. The van der Waals surface area contributed by atoms with Crippen molar-refractivity contribution in [2.24, 2.45) is 5.41 Å². The van der Waals surface area contributed by atoms with Crippen LogP contribution in [0.4, 0.5) is 0 Å². The summed E-state index contributed by atoms with van der Waals surface area (Å²) in [6.45, 7) is 6.45. The first kappa shape index (κ1) is 16.3. The Labute approximate surface area is 121 Å². The Hall–Kier alpha value is -1.79. The van der Waals surface area contributed by atoms with Crippen molar-refractivity contribution >= 4 is 5.91 Å². The molecule has 1 amide bonds. The summed E-state index contributed by atoms with van der Waals surface area (Å²) in [6.07, 6.45) is 0.491. The molecule has 0 aliphatic carbocycles. The minimum absolute atomic E-state index is 0.0881. The highest BCUT2D eigenvalue weighted by Gasteiger charge is 2.24. The van der Waals surface area contributed by atoms with Crippen molar-refractivity contribution in [2.45, 2.75) is 33.7 Å². The number of nitrogens with zero attached hydrogens (tertiary/aromatic N) is 1. The van der Waals surface area contributed by atoms with Gasteiger partial charge in [0.25, 0.3) is 0 Å². The molecule has 20 heavy (non-hydrogen) atoms. The molecule has 0 atom stereocenters. The number of benzene rings is 1. The number of carbonyl (C=O) groups is 1. The Morgan fingerprint density at radius 2 is 1.85 bits per heavy atom. The third-order valence-electron chi connectivity index (χ3n) is 2.83. The van der Waals surface area contributed by atoms with Gasteiger partial charge in [-0.3, -0.25) is 4.79 Å².